The molecule has 2 amide bonds. The molecule has 2 rings (SSSR count). The number of amides is 2. The molecule has 1 aromatic heterocycles. The van der Waals surface area contributed by atoms with E-state index in [-0.39, 0.29) is 17.9 Å². The molecule has 6 heteroatoms. The van der Waals surface area contributed by atoms with Gasteiger partial charge in [-0.1, -0.05) is 13.8 Å². The number of hydrogen-bond donors (Lipinski definition) is 3. The number of H-pyrrole nitrogens is 1. The fourth-order valence-electron chi connectivity index (χ4n) is 2.02. The van der Waals surface area contributed by atoms with Crippen molar-refractivity contribution in [3.05, 3.63) is 17.5 Å². The van der Waals surface area contributed by atoms with Gasteiger partial charge < -0.3 is 11.1 Å². The fourth-order valence-corrected chi connectivity index (χ4v) is 2.02. The highest BCUT2D eigenvalue weighted by molar-refractivity contribution is 5.90. The molecule has 1 aliphatic rings. The minimum Gasteiger partial charge on any atom is -0.364 e. The van der Waals surface area contributed by atoms with E-state index in [0.29, 0.717) is 11.6 Å². The number of nitrogens with zero attached hydrogens (tertiary/aromatic N) is 1. The van der Waals surface area contributed by atoms with Gasteiger partial charge in [0.05, 0.1) is 5.69 Å². The number of carbonyl (C=O) groups excluding carboxylic acids is 2. The standard InChI is InChI=1S/C12H18N4O2/c1-6(2)12(18)14-8-3-7(4-8)9-5-10(11(13)17)16-15-9/h5-8H,3-4H2,1-2H3,(H2,13,17)(H,14,18)(H,15,16)/t7-,8+. The summed E-state index contributed by atoms with van der Waals surface area (Å²) in [7, 11) is 0. The first-order valence-electron chi connectivity index (χ1n) is 6.13. The van der Waals surface area contributed by atoms with Gasteiger partial charge in [0, 0.05) is 17.9 Å². The lowest BCUT2D eigenvalue weighted by atomic mass is 9.78. The van der Waals surface area contributed by atoms with Crippen LogP contribution in [0.3, 0.4) is 0 Å². The van der Waals surface area contributed by atoms with Crippen LogP contribution in [0.15, 0.2) is 6.07 Å². The van der Waals surface area contributed by atoms with E-state index in [4.69, 9.17) is 5.73 Å². The molecular formula is C12H18N4O2. The van der Waals surface area contributed by atoms with E-state index in [1.165, 1.54) is 0 Å². The molecule has 4 N–H and O–H groups in total. The normalized spacial score (nSPS) is 22.6. The molecule has 1 aliphatic carbocycles. The maximum Gasteiger partial charge on any atom is 0.266 e. The second-order valence-electron chi connectivity index (χ2n) is 5.10. The van der Waals surface area contributed by atoms with Crippen molar-refractivity contribution in [2.45, 2.75) is 38.6 Å². The van der Waals surface area contributed by atoms with Crippen molar-refractivity contribution in [2.75, 3.05) is 0 Å². The number of nitrogens with two attached hydrogens (primary N) is 1. The summed E-state index contributed by atoms with van der Waals surface area (Å²) in [6.07, 6.45) is 1.73. The largest absolute Gasteiger partial charge is 0.364 e. The zero-order valence-electron chi connectivity index (χ0n) is 10.6. The number of aromatic amines is 1. The number of primary amides is 1. The molecular weight excluding hydrogens is 232 g/mol. The summed E-state index contributed by atoms with van der Waals surface area (Å²) in [5.41, 5.74) is 6.33. The minimum atomic E-state index is -0.502. The van der Waals surface area contributed by atoms with Gasteiger partial charge >= 0.3 is 0 Å². The van der Waals surface area contributed by atoms with Crippen LogP contribution in [0.5, 0.6) is 0 Å². The van der Waals surface area contributed by atoms with E-state index >= 15 is 0 Å². The van der Waals surface area contributed by atoms with Crippen LogP contribution in [0, 0.1) is 5.92 Å². The fraction of sp³-hybridized carbons (Fsp3) is 0.583. The summed E-state index contributed by atoms with van der Waals surface area (Å²) in [6.45, 7) is 3.75. The molecule has 0 aromatic carbocycles. The lowest BCUT2D eigenvalue weighted by Gasteiger charge is -2.35. The molecule has 6 nitrogen and oxygen atoms in total. The third-order valence-electron chi connectivity index (χ3n) is 3.29. The number of hydrogen-bond acceptors (Lipinski definition) is 3. The molecule has 0 spiro atoms. The van der Waals surface area contributed by atoms with E-state index in [1.807, 2.05) is 13.8 Å². The highest BCUT2D eigenvalue weighted by Crippen LogP contribution is 2.36. The Morgan fingerprint density at radius 1 is 1.50 bits per heavy atom. The van der Waals surface area contributed by atoms with Crippen molar-refractivity contribution < 1.29 is 9.59 Å². The number of rotatable bonds is 4. The summed E-state index contributed by atoms with van der Waals surface area (Å²) < 4.78 is 0. The van der Waals surface area contributed by atoms with Crippen LogP contribution in [0.4, 0.5) is 0 Å². The van der Waals surface area contributed by atoms with Gasteiger partial charge in [-0.2, -0.15) is 5.10 Å². The molecule has 1 aromatic rings. The molecule has 1 saturated carbocycles. The molecule has 0 unspecified atom stereocenters. The van der Waals surface area contributed by atoms with Crippen LogP contribution < -0.4 is 11.1 Å². The predicted octanol–water partition coefficient (Wildman–Crippen LogP) is 0.527. The Hall–Kier alpha value is -1.85. The second-order valence-corrected chi connectivity index (χ2v) is 5.10. The summed E-state index contributed by atoms with van der Waals surface area (Å²) in [6, 6.07) is 1.91. The van der Waals surface area contributed by atoms with Crippen molar-refractivity contribution in [3.8, 4) is 0 Å². The van der Waals surface area contributed by atoms with Gasteiger partial charge in [0.1, 0.15) is 5.69 Å². The van der Waals surface area contributed by atoms with E-state index in [0.717, 1.165) is 18.5 Å². The van der Waals surface area contributed by atoms with Gasteiger partial charge in [0.15, 0.2) is 0 Å². The molecule has 1 fully saturated rings. The Labute approximate surface area is 105 Å². The average Bonchev–Trinajstić information content (AvgIpc) is 2.71. The summed E-state index contributed by atoms with van der Waals surface area (Å²) in [4.78, 5) is 22.4. The third kappa shape index (κ3) is 2.52. The topological polar surface area (TPSA) is 101 Å². The van der Waals surface area contributed by atoms with Gasteiger partial charge in [-0.15, -0.1) is 0 Å². The smallest absolute Gasteiger partial charge is 0.266 e. The highest BCUT2D eigenvalue weighted by atomic mass is 16.2. The van der Waals surface area contributed by atoms with Gasteiger partial charge in [-0.25, -0.2) is 0 Å². The molecule has 18 heavy (non-hydrogen) atoms. The third-order valence-corrected chi connectivity index (χ3v) is 3.29. The number of nitrogens with one attached hydrogen (secondary N) is 2. The monoisotopic (exact) mass is 250 g/mol. The average molecular weight is 250 g/mol. The maximum absolute atomic E-state index is 11.5. The van der Waals surface area contributed by atoms with Gasteiger partial charge in [-0.3, -0.25) is 14.7 Å². The zero-order chi connectivity index (χ0) is 13.3. The lowest BCUT2D eigenvalue weighted by Crippen LogP contribution is -2.44. The van der Waals surface area contributed by atoms with Crippen LogP contribution in [0.25, 0.3) is 0 Å². The molecule has 0 radical (unpaired) electrons. The quantitative estimate of drug-likeness (QED) is 0.726. The Balaban J connectivity index is 1.85. The second kappa shape index (κ2) is 4.80. The van der Waals surface area contributed by atoms with Crippen LogP contribution in [0.2, 0.25) is 0 Å². The highest BCUT2D eigenvalue weighted by Gasteiger charge is 2.33. The van der Waals surface area contributed by atoms with E-state index in [1.54, 1.807) is 6.07 Å². The van der Waals surface area contributed by atoms with Gasteiger partial charge in [-0.05, 0) is 18.9 Å². The summed E-state index contributed by atoms with van der Waals surface area (Å²) in [5, 5.41) is 9.66. The van der Waals surface area contributed by atoms with Gasteiger partial charge in [0.2, 0.25) is 5.91 Å². The van der Waals surface area contributed by atoms with Crippen molar-refractivity contribution in [1.29, 1.82) is 0 Å². The number of carbonyl (C=O) groups is 2. The Morgan fingerprint density at radius 3 is 2.67 bits per heavy atom. The number of aromatic nitrogens is 2. The van der Waals surface area contributed by atoms with Crippen LogP contribution in [-0.2, 0) is 4.79 Å². The first-order chi connectivity index (χ1) is 8.47. The molecule has 0 saturated heterocycles. The molecule has 98 valence electrons. The molecule has 1 heterocycles. The molecule has 0 bridgehead atoms. The van der Waals surface area contributed by atoms with Crippen LogP contribution >= 0.6 is 0 Å². The van der Waals surface area contributed by atoms with Crippen molar-refractivity contribution >= 4 is 11.8 Å². The van der Waals surface area contributed by atoms with Crippen molar-refractivity contribution in [2.24, 2.45) is 11.7 Å². The van der Waals surface area contributed by atoms with E-state index in [2.05, 4.69) is 15.5 Å². The van der Waals surface area contributed by atoms with Gasteiger partial charge in [0.25, 0.3) is 5.91 Å². The Morgan fingerprint density at radius 2 is 2.17 bits per heavy atom. The molecule has 0 aliphatic heterocycles. The SMILES string of the molecule is CC(C)C(=O)N[C@H]1C[C@@H](c2cc(C(N)=O)[nH]n2)C1. The van der Waals surface area contributed by atoms with E-state index in [9.17, 15) is 9.59 Å². The lowest BCUT2D eigenvalue weighted by molar-refractivity contribution is -0.125. The minimum absolute atomic E-state index is 0.0101. The summed E-state index contributed by atoms with van der Waals surface area (Å²) >= 11 is 0. The Bertz CT molecular complexity index is 460. The molecule has 0 atom stereocenters. The van der Waals surface area contributed by atoms with Crippen LogP contribution in [0.1, 0.15) is 48.8 Å². The predicted molar refractivity (Wildman–Crippen MR) is 65.8 cm³/mol. The van der Waals surface area contributed by atoms with Crippen LogP contribution in [-0.4, -0.2) is 28.1 Å². The first-order valence-corrected chi connectivity index (χ1v) is 6.13. The van der Waals surface area contributed by atoms with Crippen molar-refractivity contribution in [1.82, 2.24) is 15.5 Å². The first kappa shape index (κ1) is 12.6. The van der Waals surface area contributed by atoms with Crippen molar-refractivity contribution in [3.63, 3.8) is 0 Å². The zero-order valence-corrected chi connectivity index (χ0v) is 10.6. The summed E-state index contributed by atoms with van der Waals surface area (Å²) in [5.74, 6) is -0.112. The van der Waals surface area contributed by atoms with E-state index < -0.39 is 5.91 Å². The maximum atomic E-state index is 11.5. The Kier molecular flexibility index (Phi) is 3.36.